The van der Waals surface area contributed by atoms with Gasteiger partial charge in [-0.3, -0.25) is 14.4 Å². The Morgan fingerprint density at radius 3 is 2.77 bits per heavy atom. The first kappa shape index (κ1) is 20.5. The number of piperidine rings is 1. The van der Waals surface area contributed by atoms with Crippen molar-refractivity contribution in [3.05, 3.63) is 52.0 Å². The molecule has 1 fully saturated rings. The van der Waals surface area contributed by atoms with Crippen LogP contribution in [0.1, 0.15) is 23.2 Å². The van der Waals surface area contributed by atoms with Crippen LogP contribution < -0.4 is 15.4 Å². The summed E-state index contributed by atoms with van der Waals surface area (Å²) in [7, 11) is 0. The molecule has 2 aromatic rings. The average Bonchev–Trinajstić information content (AvgIpc) is 2.75. The van der Waals surface area contributed by atoms with E-state index in [1.165, 1.54) is 0 Å². The molecule has 1 saturated heterocycles. The predicted octanol–water partition coefficient (Wildman–Crippen LogP) is 3.82. The van der Waals surface area contributed by atoms with Gasteiger partial charge < -0.3 is 20.3 Å². The van der Waals surface area contributed by atoms with E-state index in [2.05, 4.69) is 10.6 Å². The number of nitrogens with one attached hydrogen (secondary N) is 2. The molecule has 0 aromatic heterocycles. The number of carbonyl (C=O) groups is 3. The van der Waals surface area contributed by atoms with Gasteiger partial charge in [0.15, 0.2) is 6.61 Å². The lowest BCUT2D eigenvalue weighted by Gasteiger charge is -2.32. The van der Waals surface area contributed by atoms with Gasteiger partial charge in [0.25, 0.3) is 11.8 Å². The number of hydrogen-bond donors (Lipinski definition) is 2. The minimum Gasteiger partial charge on any atom is -0.482 e. The first-order valence-corrected chi connectivity index (χ1v) is 10.3. The fourth-order valence-electron chi connectivity index (χ4n) is 3.59. The Hall–Kier alpha value is -2.77. The lowest BCUT2D eigenvalue weighted by atomic mass is 9.96. The maximum Gasteiger partial charge on any atom is 0.262 e. The van der Waals surface area contributed by atoms with Gasteiger partial charge in [-0.2, -0.15) is 0 Å². The average molecular weight is 448 g/mol. The molecule has 2 heterocycles. The molecule has 0 saturated carbocycles. The molecule has 3 amide bonds. The van der Waals surface area contributed by atoms with Crippen LogP contribution >= 0.6 is 23.2 Å². The Labute approximate surface area is 183 Å². The summed E-state index contributed by atoms with van der Waals surface area (Å²) in [4.78, 5) is 38.8. The normalized spacial score (nSPS) is 18.1. The number of carbonyl (C=O) groups excluding carboxylic acids is 3. The molecule has 2 aliphatic heterocycles. The van der Waals surface area contributed by atoms with Crippen molar-refractivity contribution in [3.63, 3.8) is 0 Å². The standard InChI is InChI=1S/C21H19Cl2N3O4/c22-15-5-3-12(8-16(15)23)21(29)26-7-1-2-13(10-26)20(28)24-14-4-6-18-17(9-14)25-19(27)11-30-18/h3-6,8-9,13H,1-2,7,10-11H2,(H,24,28)(H,25,27). The Morgan fingerprint density at radius 2 is 1.97 bits per heavy atom. The number of anilines is 2. The zero-order valence-corrected chi connectivity index (χ0v) is 17.4. The summed E-state index contributed by atoms with van der Waals surface area (Å²) in [5.41, 5.74) is 1.51. The van der Waals surface area contributed by atoms with E-state index in [1.54, 1.807) is 41.3 Å². The summed E-state index contributed by atoms with van der Waals surface area (Å²) in [6, 6.07) is 9.83. The molecular weight excluding hydrogens is 429 g/mol. The topological polar surface area (TPSA) is 87.7 Å². The van der Waals surface area contributed by atoms with Crippen molar-refractivity contribution < 1.29 is 19.1 Å². The maximum atomic E-state index is 12.8. The molecule has 0 bridgehead atoms. The van der Waals surface area contributed by atoms with Crippen LogP contribution in [0.4, 0.5) is 11.4 Å². The van der Waals surface area contributed by atoms with Crippen molar-refractivity contribution >= 4 is 52.3 Å². The molecule has 4 rings (SSSR count). The van der Waals surface area contributed by atoms with Crippen molar-refractivity contribution in [2.75, 3.05) is 30.3 Å². The fraction of sp³-hybridized carbons (Fsp3) is 0.286. The Kier molecular flexibility index (Phi) is 5.83. The van der Waals surface area contributed by atoms with Crippen LogP contribution in [0, 0.1) is 5.92 Å². The minimum absolute atomic E-state index is 0.0243. The second-order valence-corrected chi connectivity index (χ2v) is 8.07. The van der Waals surface area contributed by atoms with Crippen molar-refractivity contribution in [2.45, 2.75) is 12.8 Å². The van der Waals surface area contributed by atoms with Crippen molar-refractivity contribution in [3.8, 4) is 5.75 Å². The van der Waals surface area contributed by atoms with E-state index in [0.29, 0.717) is 52.2 Å². The first-order chi connectivity index (χ1) is 14.4. The van der Waals surface area contributed by atoms with E-state index in [9.17, 15) is 14.4 Å². The molecule has 0 aliphatic carbocycles. The quantitative estimate of drug-likeness (QED) is 0.748. The molecule has 30 heavy (non-hydrogen) atoms. The van der Waals surface area contributed by atoms with Crippen LogP contribution in [-0.2, 0) is 9.59 Å². The Balaban J connectivity index is 1.42. The van der Waals surface area contributed by atoms with Gasteiger partial charge in [-0.05, 0) is 49.2 Å². The number of benzene rings is 2. The first-order valence-electron chi connectivity index (χ1n) is 9.52. The van der Waals surface area contributed by atoms with E-state index >= 15 is 0 Å². The lowest BCUT2D eigenvalue weighted by Crippen LogP contribution is -2.43. The minimum atomic E-state index is -0.340. The van der Waals surface area contributed by atoms with Crippen LogP contribution in [-0.4, -0.2) is 42.3 Å². The van der Waals surface area contributed by atoms with Gasteiger partial charge in [0.1, 0.15) is 5.75 Å². The number of ether oxygens (including phenoxy) is 1. The molecule has 2 aromatic carbocycles. The third-order valence-electron chi connectivity index (χ3n) is 5.13. The van der Waals surface area contributed by atoms with Gasteiger partial charge in [-0.25, -0.2) is 0 Å². The van der Waals surface area contributed by atoms with Crippen LogP contribution in [0.25, 0.3) is 0 Å². The molecule has 1 unspecified atom stereocenters. The summed E-state index contributed by atoms with van der Waals surface area (Å²) >= 11 is 11.9. The second kappa shape index (κ2) is 8.53. The van der Waals surface area contributed by atoms with Crippen molar-refractivity contribution in [2.24, 2.45) is 5.92 Å². The van der Waals surface area contributed by atoms with E-state index < -0.39 is 0 Å². The van der Waals surface area contributed by atoms with Gasteiger partial charge in [-0.15, -0.1) is 0 Å². The van der Waals surface area contributed by atoms with Gasteiger partial charge in [0.05, 0.1) is 21.7 Å². The summed E-state index contributed by atoms with van der Waals surface area (Å²) < 4.78 is 5.32. The molecule has 156 valence electrons. The fourth-order valence-corrected chi connectivity index (χ4v) is 3.89. The predicted molar refractivity (Wildman–Crippen MR) is 114 cm³/mol. The van der Waals surface area contributed by atoms with E-state index in [0.717, 1.165) is 6.42 Å². The second-order valence-electron chi connectivity index (χ2n) is 7.26. The highest BCUT2D eigenvalue weighted by Crippen LogP contribution is 2.31. The molecule has 7 nitrogen and oxygen atoms in total. The number of hydrogen-bond acceptors (Lipinski definition) is 4. The summed E-state index contributed by atoms with van der Waals surface area (Å²) in [6.07, 6.45) is 1.40. The lowest BCUT2D eigenvalue weighted by molar-refractivity contribution is -0.121. The van der Waals surface area contributed by atoms with Crippen LogP contribution in [0.3, 0.4) is 0 Å². The molecule has 9 heteroatoms. The SMILES string of the molecule is O=C1COc2ccc(NC(=O)C3CCCN(C(=O)c4ccc(Cl)c(Cl)c4)C3)cc2N1. The highest BCUT2D eigenvalue weighted by molar-refractivity contribution is 6.42. The number of halogens is 2. The zero-order chi connectivity index (χ0) is 21.3. The third-order valence-corrected chi connectivity index (χ3v) is 5.86. The number of likely N-dealkylation sites (tertiary alicyclic amines) is 1. The molecule has 0 spiro atoms. The molecule has 2 N–H and O–H groups in total. The van der Waals surface area contributed by atoms with Gasteiger partial charge in [0, 0.05) is 24.3 Å². The number of nitrogens with zero attached hydrogens (tertiary/aromatic N) is 1. The molecule has 1 atom stereocenters. The molecule has 2 aliphatic rings. The van der Waals surface area contributed by atoms with Crippen LogP contribution in [0.5, 0.6) is 5.75 Å². The van der Waals surface area contributed by atoms with E-state index in [1.807, 2.05) is 0 Å². The number of fused-ring (bicyclic) bond motifs is 1. The van der Waals surface area contributed by atoms with E-state index in [-0.39, 0.29) is 30.2 Å². The summed E-state index contributed by atoms with van der Waals surface area (Å²) in [6.45, 7) is 0.865. The van der Waals surface area contributed by atoms with Gasteiger partial charge in [0.2, 0.25) is 5.91 Å². The maximum absolute atomic E-state index is 12.8. The highest BCUT2D eigenvalue weighted by Gasteiger charge is 2.29. The highest BCUT2D eigenvalue weighted by atomic mass is 35.5. The number of rotatable bonds is 3. The molecule has 0 radical (unpaired) electrons. The smallest absolute Gasteiger partial charge is 0.262 e. The Morgan fingerprint density at radius 1 is 1.13 bits per heavy atom. The van der Waals surface area contributed by atoms with Crippen molar-refractivity contribution in [1.29, 1.82) is 0 Å². The van der Waals surface area contributed by atoms with Crippen molar-refractivity contribution in [1.82, 2.24) is 4.90 Å². The van der Waals surface area contributed by atoms with Crippen LogP contribution in [0.15, 0.2) is 36.4 Å². The largest absolute Gasteiger partial charge is 0.482 e. The Bertz CT molecular complexity index is 1030. The zero-order valence-electron chi connectivity index (χ0n) is 15.9. The third kappa shape index (κ3) is 4.37. The van der Waals surface area contributed by atoms with Gasteiger partial charge in [-0.1, -0.05) is 23.2 Å². The van der Waals surface area contributed by atoms with Crippen LogP contribution in [0.2, 0.25) is 10.0 Å². The molecular formula is C21H19Cl2N3O4. The van der Waals surface area contributed by atoms with E-state index in [4.69, 9.17) is 27.9 Å². The number of amides is 3. The monoisotopic (exact) mass is 447 g/mol. The summed E-state index contributed by atoms with van der Waals surface area (Å²) in [5, 5.41) is 6.29. The summed E-state index contributed by atoms with van der Waals surface area (Å²) in [5.74, 6) is -0.380. The van der Waals surface area contributed by atoms with Gasteiger partial charge >= 0.3 is 0 Å².